The van der Waals surface area contributed by atoms with Crippen LogP contribution in [0.4, 0.5) is 11.6 Å². The van der Waals surface area contributed by atoms with Crippen LogP contribution in [-0.2, 0) is 14.3 Å². The third-order valence-electron chi connectivity index (χ3n) is 5.63. The maximum Gasteiger partial charge on any atom is 0.338 e. The second-order valence-electron chi connectivity index (χ2n) is 8.04. The lowest BCUT2D eigenvalue weighted by atomic mass is 9.94. The van der Waals surface area contributed by atoms with Crippen molar-refractivity contribution in [3.8, 4) is 0 Å². The van der Waals surface area contributed by atoms with E-state index >= 15 is 0 Å². The standard InChI is InChI=1S/C25H27N5O3/c1-5-33-24(32)22-18(4)29(14-21(31)28-20-12-8-17(3)9-13-20)25-26-15-27-30(25)23(22)19-10-6-16(2)7-11-19/h6-13,15,23H,5,14H2,1-4H3,(H,28,31)/t23-/m0/s1. The number of nitrogens with zero attached hydrogens (tertiary/aromatic N) is 4. The van der Waals surface area contributed by atoms with Crippen molar-refractivity contribution < 1.29 is 14.3 Å². The molecular weight excluding hydrogens is 418 g/mol. The van der Waals surface area contributed by atoms with Gasteiger partial charge in [0.2, 0.25) is 11.9 Å². The number of amides is 1. The van der Waals surface area contributed by atoms with Crippen LogP contribution in [0.5, 0.6) is 0 Å². The number of aryl methyl sites for hydroxylation is 2. The predicted molar refractivity (Wildman–Crippen MR) is 126 cm³/mol. The topological polar surface area (TPSA) is 89.3 Å². The zero-order valence-electron chi connectivity index (χ0n) is 19.2. The van der Waals surface area contributed by atoms with Gasteiger partial charge in [-0.2, -0.15) is 10.1 Å². The van der Waals surface area contributed by atoms with Crippen LogP contribution in [0, 0.1) is 13.8 Å². The molecule has 1 N–H and O–H groups in total. The Bertz CT molecular complexity index is 1200. The predicted octanol–water partition coefficient (Wildman–Crippen LogP) is 3.78. The first kappa shape index (κ1) is 22.3. The summed E-state index contributed by atoms with van der Waals surface area (Å²) in [5.41, 5.74) is 4.85. The molecule has 2 aromatic carbocycles. The summed E-state index contributed by atoms with van der Waals surface area (Å²) in [5, 5.41) is 7.31. The minimum Gasteiger partial charge on any atom is -0.463 e. The highest BCUT2D eigenvalue weighted by Gasteiger charge is 2.38. The van der Waals surface area contributed by atoms with E-state index in [2.05, 4.69) is 15.4 Å². The molecule has 33 heavy (non-hydrogen) atoms. The average molecular weight is 446 g/mol. The van der Waals surface area contributed by atoms with Crippen LogP contribution in [0.2, 0.25) is 0 Å². The highest BCUT2D eigenvalue weighted by atomic mass is 16.5. The first-order valence-electron chi connectivity index (χ1n) is 10.9. The number of benzene rings is 2. The molecule has 0 aliphatic carbocycles. The van der Waals surface area contributed by atoms with Crippen LogP contribution >= 0.6 is 0 Å². The molecule has 0 spiro atoms. The van der Waals surface area contributed by atoms with Crippen molar-refractivity contribution in [1.29, 1.82) is 0 Å². The number of allylic oxidation sites excluding steroid dienone is 1. The summed E-state index contributed by atoms with van der Waals surface area (Å²) in [4.78, 5) is 32.1. The molecule has 3 aromatic rings. The number of hydrogen-bond donors (Lipinski definition) is 1. The van der Waals surface area contributed by atoms with Crippen molar-refractivity contribution in [3.05, 3.63) is 82.8 Å². The molecule has 1 amide bonds. The lowest BCUT2D eigenvalue weighted by molar-refractivity contribution is -0.139. The summed E-state index contributed by atoms with van der Waals surface area (Å²) in [6.45, 7) is 7.79. The van der Waals surface area contributed by atoms with Gasteiger partial charge in [-0.1, -0.05) is 47.5 Å². The maximum absolute atomic E-state index is 13.1. The summed E-state index contributed by atoms with van der Waals surface area (Å²) >= 11 is 0. The van der Waals surface area contributed by atoms with E-state index in [9.17, 15) is 9.59 Å². The molecule has 0 unspecified atom stereocenters. The zero-order chi connectivity index (χ0) is 23.5. The summed E-state index contributed by atoms with van der Waals surface area (Å²) in [7, 11) is 0. The number of hydrogen-bond acceptors (Lipinski definition) is 6. The second kappa shape index (κ2) is 9.28. The van der Waals surface area contributed by atoms with E-state index < -0.39 is 12.0 Å². The number of anilines is 2. The van der Waals surface area contributed by atoms with Crippen LogP contribution in [-0.4, -0.2) is 39.8 Å². The minimum absolute atomic E-state index is 0.0259. The van der Waals surface area contributed by atoms with Gasteiger partial charge in [-0.15, -0.1) is 0 Å². The van der Waals surface area contributed by atoms with Gasteiger partial charge in [-0.05, 0) is 45.4 Å². The van der Waals surface area contributed by atoms with Gasteiger partial charge in [0, 0.05) is 11.4 Å². The molecule has 0 radical (unpaired) electrons. The molecule has 0 bridgehead atoms. The third kappa shape index (κ3) is 4.50. The van der Waals surface area contributed by atoms with Crippen molar-refractivity contribution >= 4 is 23.5 Å². The fourth-order valence-electron chi connectivity index (χ4n) is 3.93. The Labute approximate surface area is 192 Å². The molecule has 8 nitrogen and oxygen atoms in total. The molecule has 1 aliphatic rings. The van der Waals surface area contributed by atoms with Crippen molar-refractivity contribution in [1.82, 2.24) is 14.8 Å². The number of fused-ring (bicyclic) bond motifs is 1. The van der Waals surface area contributed by atoms with Gasteiger partial charge in [0.05, 0.1) is 12.2 Å². The van der Waals surface area contributed by atoms with Gasteiger partial charge in [0.1, 0.15) is 18.9 Å². The van der Waals surface area contributed by atoms with Crippen LogP contribution in [0.3, 0.4) is 0 Å². The highest BCUT2D eigenvalue weighted by Crippen LogP contribution is 2.38. The van der Waals surface area contributed by atoms with E-state index in [-0.39, 0.29) is 19.1 Å². The first-order valence-corrected chi connectivity index (χ1v) is 10.9. The zero-order valence-corrected chi connectivity index (χ0v) is 19.2. The summed E-state index contributed by atoms with van der Waals surface area (Å²) in [6, 6.07) is 15.0. The number of esters is 1. The largest absolute Gasteiger partial charge is 0.463 e. The number of carbonyl (C=O) groups is 2. The third-order valence-corrected chi connectivity index (χ3v) is 5.63. The van der Waals surface area contributed by atoms with Crippen molar-refractivity contribution in [2.24, 2.45) is 0 Å². The fraction of sp³-hybridized carbons (Fsp3) is 0.280. The van der Waals surface area contributed by atoms with Crippen LogP contribution in [0.15, 0.2) is 66.1 Å². The molecule has 1 aliphatic heterocycles. The number of carbonyl (C=O) groups excluding carboxylic acids is 2. The Balaban J connectivity index is 1.72. The highest BCUT2D eigenvalue weighted by molar-refractivity contribution is 5.96. The average Bonchev–Trinajstić information content (AvgIpc) is 3.27. The fourth-order valence-corrected chi connectivity index (χ4v) is 3.93. The lowest BCUT2D eigenvalue weighted by Gasteiger charge is -2.35. The van der Waals surface area contributed by atoms with E-state index in [4.69, 9.17) is 4.74 Å². The molecule has 0 saturated carbocycles. The summed E-state index contributed by atoms with van der Waals surface area (Å²) < 4.78 is 7.06. The second-order valence-corrected chi connectivity index (χ2v) is 8.04. The quantitative estimate of drug-likeness (QED) is 0.581. The number of aromatic nitrogens is 3. The maximum atomic E-state index is 13.1. The van der Waals surface area contributed by atoms with Crippen molar-refractivity contribution in [3.63, 3.8) is 0 Å². The number of ether oxygens (including phenoxy) is 1. The minimum atomic E-state index is -0.501. The van der Waals surface area contributed by atoms with Gasteiger partial charge in [0.25, 0.3) is 0 Å². The smallest absolute Gasteiger partial charge is 0.338 e. The SMILES string of the molecule is CCOC(=O)C1=C(C)N(CC(=O)Nc2ccc(C)cc2)c2ncnn2[C@H]1c1ccc(C)cc1. The Morgan fingerprint density at radius 1 is 1.00 bits per heavy atom. The molecule has 4 rings (SSSR count). The normalized spacial score (nSPS) is 15.3. The van der Waals surface area contributed by atoms with E-state index in [1.807, 2.05) is 69.3 Å². The van der Waals surface area contributed by atoms with Crippen LogP contribution in [0.1, 0.15) is 36.6 Å². The molecule has 8 heteroatoms. The van der Waals surface area contributed by atoms with Crippen LogP contribution in [0.25, 0.3) is 0 Å². The number of rotatable bonds is 6. The molecule has 0 fully saturated rings. The number of nitrogens with one attached hydrogen (secondary N) is 1. The molecule has 0 saturated heterocycles. The van der Waals surface area contributed by atoms with Gasteiger partial charge < -0.3 is 15.0 Å². The van der Waals surface area contributed by atoms with E-state index in [1.165, 1.54) is 6.33 Å². The van der Waals surface area contributed by atoms with E-state index in [0.717, 1.165) is 16.7 Å². The first-order chi connectivity index (χ1) is 15.9. The molecule has 1 atom stereocenters. The lowest BCUT2D eigenvalue weighted by Crippen LogP contribution is -2.40. The van der Waals surface area contributed by atoms with Gasteiger partial charge in [-0.3, -0.25) is 4.79 Å². The summed E-state index contributed by atoms with van der Waals surface area (Å²) in [5.74, 6) is -0.180. The Morgan fingerprint density at radius 3 is 2.27 bits per heavy atom. The van der Waals surface area contributed by atoms with Crippen molar-refractivity contribution in [2.45, 2.75) is 33.7 Å². The summed E-state index contributed by atoms with van der Waals surface area (Å²) in [6.07, 6.45) is 1.43. The molecule has 2 heterocycles. The Hall–Kier alpha value is -3.94. The van der Waals surface area contributed by atoms with Crippen LogP contribution < -0.4 is 10.2 Å². The Kier molecular flexibility index (Phi) is 6.26. The van der Waals surface area contributed by atoms with Gasteiger partial charge >= 0.3 is 5.97 Å². The molecule has 170 valence electrons. The van der Waals surface area contributed by atoms with E-state index in [1.54, 1.807) is 16.5 Å². The van der Waals surface area contributed by atoms with Crippen molar-refractivity contribution in [2.75, 3.05) is 23.4 Å². The van der Waals surface area contributed by atoms with Gasteiger partial charge in [-0.25, -0.2) is 9.48 Å². The van der Waals surface area contributed by atoms with E-state index in [0.29, 0.717) is 22.9 Å². The molecule has 1 aromatic heterocycles. The molecular formula is C25H27N5O3. The van der Waals surface area contributed by atoms with Gasteiger partial charge in [0.15, 0.2) is 0 Å². The Morgan fingerprint density at radius 2 is 1.64 bits per heavy atom. The monoisotopic (exact) mass is 445 g/mol.